The van der Waals surface area contributed by atoms with Crippen LogP contribution in [-0.2, 0) is 21.4 Å². The molecule has 0 fully saturated rings. The monoisotopic (exact) mass is 438 g/mol. The van der Waals surface area contributed by atoms with Gasteiger partial charge in [-0.3, -0.25) is 0 Å². The molecule has 0 saturated carbocycles. The van der Waals surface area contributed by atoms with E-state index in [-0.39, 0.29) is 16.7 Å². The second-order valence-corrected chi connectivity index (χ2v) is 11.5. The van der Waals surface area contributed by atoms with Gasteiger partial charge in [-0.05, 0) is 70.4 Å². The van der Waals surface area contributed by atoms with E-state index in [4.69, 9.17) is 5.11 Å². The Morgan fingerprint density at radius 3 is 2.42 bits per heavy atom. The SMILES string of the molecule is CCCCSCc1cc2c(cc1/C=C/C1C=CC(C(=O)O)=CC1)C(C)(C)CCC2(C)C. The first-order valence-corrected chi connectivity index (χ1v) is 12.8. The minimum absolute atomic E-state index is 0.200. The molecule has 2 aliphatic rings. The summed E-state index contributed by atoms with van der Waals surface area (Å²) in [4.78, 5) is 11.1. The van der Waals surface area contributed by atoms with Crippen molar-refractivity contribution in [2.24, 2.45) is 5.92 Å². The molecule has 2 nitrogen and oxygen atoms in total. The zero-order chi connectivity index (χ0) is 22.6. The van der Waals surface area contributed by atoms with Crippen LogP contribution in [0.4, 0.5) is 0 Å². The van der Waals surface area contributed by atoms with Crippen LogP contribution in [0.1, 0.15) is 89.0 Å². The van der Waals surface area contributed by atoms with Crippen LogP contribution in [0, 0.1) is 5.92 Å². The fourth-order valence-electron chi connectivity index (χ4n) is 4.55. The zero-order valence-corrected chi connectivity index (χ0v) is 20.6. The smallest absolute Gasteiger partial charge is 0.335 e. The zero-order valence-electron chi connectivity index (χ0n) is 19.8. The summed E-state index contributed by atoms with van der Waals surface area (Å²) in [6.45, 7) is 11.8. The standard InChI is InChI=1S/C28H38O2S/c1-6-7-16-31-19-23-18-25-24(27(2,3)14-15-28(25,4)5)17-22(23)13-10-20-8-11-21(12-9-20)26(29)30/h8,10-13,17-18,20H,6-7,9,14-16,19H2,1-5H3,(H,29,30)/b13-10+. The van der Waals surface area contributed by atoms with Crippen molar-refractivity contribution in [3.8, 4) is 0 Å². The molecule has 0 radical (unpaired) electrons. The molecule has 0 spiro atoms. The quantitative estimate of drug-likeness (QED) is 0.423. The van der Waals surface area contributed by atoms with Gasteiger partial charge in [0.2, 0.25) is 0 Å². The van der Waals surface area contributed by atoms with Gasteiger partial charge in [-0.1, -0.05) is 83.6 Å². The predicted octanol–water partition coefficient (Wildman–Crippen LogP) is 7.67. The van der Waals surface area contributed by atoms with Crippen molar-refractivity contribution in [3.05, 3.63) is 64.3 Å². The second-order valence-electron chi connectivity index (χ2n) is 10.4. The fourth-order valence-corrected chi connectivity index (χ4v) is 5.66. The summed E-state index contributed by atoms with van der Waals surface area (Å²) >= 11 is 2.04. The van der Waals surface area contributed by atoms with Crippen LogP contribution >= 0.6 is 11.8 Å². The number of unbranched alkanes of at least 4 members (excludes halogenated alkanes) is 1. The van der Waals surface area contributed by atoms with Crippen molar-refractivity contribution in [2.45, 2.75) is 83.3 Å². The maximum Gasteiger partial charge on any atom is 0.335 e. The van der Waals surface area contributed by atoms with Crippen molar-refractivity contribution >= 4 is 23.8 Å². The Hall–Kier alpha value is -1.74. The third-order valence-corrected chi connectivity index (χ3v) is 8.01. The van der Waals surface area contributed by atoms with E-state index in [0.29, 0.717) is 5.57 Å². The average molecular weight is 439 g/mol. The Morgan fingerprint density at radius 2 is 1.84 bits per heavy atom. The maximum atomic E-state index is 11.1. The number of allylic oxidation sites excluding steroid dienone is 3. The van der Waals surface area contributed by atoms with E-state index in [2.05, 4.69) is 58.9 Å². The maximum absolute atomic E-state index is 11.1. The van der Waals surface area contributed by atoms with E-state index in [0.717, 1.165) is 12.2 Å². The molecule has 0 heterocycles. The van der Waals surface area contributed by atoms with Gasteiger partial charge in [-0.25, -0.2) is 4.79 Å². The summed E-state index contributed by atoms with van der Waals surface area (Å²) in [5.41, 5.74) is 6.61. The molecule has 0 saturated heterocycles. The van der Waals surface area contributed by atoms with Gasteiger partial charge in [0, 0.05) is 5.75 Å². The van der Waals surface area contributed by atoms with E-state index in [9.17, 15) is 4.79 Å². The van der Waals surface area contributed by atoms with Gasteiger partial charge < -0.3 is 5.11 Å². The highest BCUT2D eigenvalue weighted by molar-refractivity contribution is 7.98. The molecule has 168 valence electrons. The first-order chi connectivity index (χ1) is 14.6. The van der Waals surface area contributed by atoms with Crippen LogP contribution in [-0.4, -0.2) is 16.8 Å². The Bertz CT molecular complexity index is 902. The lowest BCUT2D eigenvalue weighted by Gasteiger charge is -2.42. The molecule has 31 heavy (non-hydrogen) atoms. The molecule has 1 atom stereocenters. The average Bonchev–Trinajstić information content (AvgIpc) is 2.73. The van der Waals surface area contributed by atoms with E-state index >= 15 is 0 Å². The van der Waals surface area contributed by atoms with E-state index in [1.807, 2.05) is 23.9 Å². The number of fused-ring (bicyclic) bond motifs is 1. The number of carbonyl (C=O) groups is 1. The number of rotatable bonds is 8. The van der Waals surface area contributed by atoms with E-state index in [1.54, 1.807) is 6.08 Å². The molecule has 0 bridgehead atoms. The number of carboxylic acid groups (broad SMARTS) is 1. The third kappa shape index (κ3) is 5.74. The molecule has 1 N–H and O–H groups in total. The van der Waals surface area contributed by atoms with Gasteiger partial charge in [-0.15, -0.1) is 0 Å². The number of hydrogen-bond donors (Lipinski definition) is 1. The topological polar surface area (TPSA) is 37.3 Å². The van der Waals surface area contributed by atoms with Crippen LogP contribution in [0.5, 0.6) is 0 Å². The van der Waals surface area contributed by atoms with Gasteiger partial charge in [0.15, 0.2) is 0 Å². The summed E-state index contributed by atoms with van der Waals surface area (Å²) in [6, 6.07) is 4.95. The molecule has 2 aliphatic carbocycles. The number of hydrogen-bond acceptors (Lipinski definition) is 2. The number of aliphatic carboxylic acids is 1. The molecular formula is C28H38O2S. The highest BCUT2D eigenvalue weighted by Crippen LogP contribution is 2.47. The highest BCUT2D eigenvalue weighted by Gasteiger charge is 2.37. The van der Waals surface area contributed by atoms with Gasteiger partial charge in [-0.2, -0.15) is 11.8 Å². The molecular weight excluding hydrogens is 400 g/mol. The minimum atomic E-state index is -0.843. The summed E-state index contributed by atoms with van der Waals surface area (Å²) in [7, 11) is 0. The Balaban J connectivity index is 1.92. The Kier molecular flexibility index (Phi) is 7.57. The van der Waals surface area contributed by atoms with Crippen molar-refractivity contribution in [1.29, 1.82) is 0 Å². The van der Waals surface area contributed by atoms with Crippen molar-refractivity contribution in [2.75, 3.05) is 5.75 Å². The normalized spacial score (nSPS) is 21.7. The van der Waals surface area contributed by atoms with Gasteiger partial charge in [0.05, 0.1) is 5.57 Å². The van der Waals surface area contributed by atoms with Crippen molar-refractivity contribution in [3.63, 3.8) is 0 Å². The fraction of sp³-hybridized carbons (Fsp3) is 0.536. The van der Waals surface area contributed by atoms with Crippen LogP contribution in [0.2, 0.25) is 0 Å². The van der Waals surface area contributed by atoms with Crippen LogP contribution in [0.15, 0.2) is 42.0 Å². The second kappa shape index (κ2) is 9.81. The Morgan fingerprint density at radius 1 is 1.16 bits per heavy atom. The lowest BCUT2D eigenvalue weighted by molar-refractivity contribution is -0.132. The van der Waals surface area contributed by atoms with Crippen molar-refractivity contribution < 1.29 is 9.90 Å². The number of thioether (sulfide) groups is 1. The van der Waals surface area contributed by atoms with Crippen LogP contribution < -0.4 is 0 Å². The van der Waals surface area contributed by atoms with Gasteiger partial charge in [0.25, 0.3) is 0 Å². The highest BCUT2D eigenvalue weighted by atomic mass is 32.2. The molecule has 3 heteroatoms. The van der Waals surface area contributed by atoms with Crippen LogP contribution in [0.25, 0.3) is 6.08 Å². The summed E-state index contributed by atoms with van der Waals surface area (Å²) in [6.07, 6.45) is 15.8. The molecule has 1 aromatic rings. The first kappa shape index (κ1) is 23.9. The molecule has 1 aromatic carbocycles. The largest absolute Gasteiger partial charge is 0.478 e. The predicted molar refractivity (Wildman–Crippen MR) is 135 cm³/mol. The summed E-state index contributed by atoms with van der Waals surface area (Å²) in [5.74, 6) is 1.67. The molecule has 0 aliphatic heterocycles. The first-order valence-electron chi connectivity index (χ1n) is 11.7. The van der Waals surface area contributed by atoms with Crippen LogP contribution in [0.3, 0.4) is 0 Å². The summed E-state index contributed by atoms with van der Waals surface area (Å²) in [5, 5.41) is 9.15. The van der Waals surface area contributed by atoms with Gasteiger partial charge >= 0.3 is 5.97 Å². The molecule has 0 aromatic heterocycles. The Labute approximate surface area is 192 Å². The lowest BCUT2D eigenvalue weighted by atomic mass is 9.62. The third-order valence-electron chi connectivity index (χ3n) is 6.92. The number of benzene rings is 1. The lowest BCUT2D eigenvalue weighted by Crippen LogP contribution is -2.34. The van der Waals surface area contributed by atoms with E-state index in [1.165, 1.54) is 53.7 Å². The molecule has 1 unspecified atom stereocenters. The minimum Gasteiger partial charge on any atom is -0.478 e. The van der Waals surface area contributed by atoms with Gasteiger partial charge in [0.1, 0.15) is 0 Å². The summed E-state index contributed by atoms with van der Waals surface area (Å²) < 4.78 is 0. The van der Waals surface area contributed by atoms with E-state index < -0.39 is 5.97 Å². The van der Waals surface area contributed by atoms with Crippen molar-refractivity contribution in [1.82, 2.24) is 0 Å². The number of carboxylic acids is 1. The molecule has 3 rings (SSSR count). The molecule has 0 amide bonds.